The van der Waals surface area contributed by atoms with Crippen molar-refractivity contribution in [3.63, 3.8) is 0 Å². The number of nitrogens with one attached hydrogen (secondary N) is 2. The van der Waals surface area contributed by atoms with Crippen LogP contribution in [0.1, 0.15) is 36.3 Å². The summed E-state index contributed by atoms with van der Waals surface area (Å²) in [6.07, 6.45) is 0.936. The third-order valence-corrected chi connectivity index (χ3v) is 3.01. The molecule has 0 fully saturated rings. The normalized spacial score (nSPS) is 12.6. The molecule has 0 aliphatic heterocycles. The molecule has 1 aromatic carbocycles. The van der Waals surface area contributed by atoms with Crippen molar-refractivity contribution >= 4 is 16.8 Å². The van der Waals surface area contributed by atoms with Crippen LogP contribution in [0.15, 0.2) is 24.3 Å². The number of hydrogen-bond donors (Lipinski definition) is 2. The smallest absolute Gasteiger partial charge is 0.267 e. The van der Waals surface area contributed by atoms with Gasteiger partial charge in [-0.15, -0.1) is 0 Å². The average molecular weight is 230 g/mol. The molecule has 1 heterocycles. The Morgan fingerprint density at radius 2 is 2.18 bits per heavy atom. The Bertz CT molecular complexity index is 542. The average Bonchev–Trinajstić information content (AvgIpc) is 2.71. The van der Waals surface area contributed by atoms with Crippen LogP contribution < -0.4 is 5.32 Å². The molecule has 2 aromatic rings. The molecule has 90 valence electrons. The van der Waals surface area contributed by atoms with Crippen LogP contribution in [0.25, 0.3) is 10.9 Å². The Balaban J connectivity index is 2.27. The van der Waals surface area contributed by atoms with E-state index in [4.69, 9.17) is 0 Å². The van der Waals surface area contributed by atoms with E-state index in [-0.39, 0.29) is 11.9 Å². The van der Waals surface area contributed by atoms with Crippen LogP contribution in [-0.2, 0) is 0 Å². The summed E-state index contributed by atoms with van der Waals surface area (Å²) in [6.45, 7) is 6.10. The molecular weight excluding hydrogens is 212 g/mol. The second-order valence-electron chi connectivity index (χ2n) is 4.56. The van der Waals surface area contributed by atoms with Gasteiger partial charge >= 0.3 is 0 Å². The molecule has 3 nitrogen and oxygen atoms in total. The lowest BCUT2D eigenvalue weighted by Gasteiger charge is -2.09. The summed E-state index contributed by atoms with van der Waals surface area (Å²) in [5, 5.41) is 4.03. The van der Waals surface area contributed by atoms with Crippen molar-refractivity contribution in [3.8, 4) is 0 Å². The minimum Gasteiger partial charge on any atom is -0.351 e. The van der Waals surface area contributed by atoms with E-state index < -0.39 is 0 Å². The van der Waals surface area contributed by atoms with Crippen LogP contribution in [0.3, 0.4) is 0 Å². The molecule has 0 aliphatic carbocycles. The number of aromatic amines is 1. The van der Waals surface area contributed by atoms with E-state index in [2.05, 4.69) is 23.3 Å². The number of carbonyl (C=O) groups is 1. The molecule has 1 atom stereocenters. The first-order valence-corrected chi connectivity index (χ1v) is 6.00. The SMILES string of the molecule is CCC(C)NC(=O)c1cc2ccc(C)cc2[nH]1. The van der Waals surface area contributed by atoms with Gasteiger partial charge in [-0.25, -0.2) is 0 Å². The van der Waals surface area contributed by atoms with Gasteiger partial charge in [0.05, 0.1) is 0 Å². The van der Waals surface area contributed by atoms with Gasteiger partial charge in [0.15, 0.2) is 0 Å². The molecule has 0 radical (unpaired) electrons. The predicted molar refractivity (Wildman–Crippen MR) is 70.3 cm³/mol. The van der Waals surface area contributed by atoms with Gasteiger partial charge in [-0.1, -0.05) is 19.1 Å². The molecule has 1 amide bonds. The first-order chi connectivity index (χ1) is 8.10. The second kappa shape index (κ2) is 4.62. The predicted octanol–water partition coefficient (Wildman–Crippen LogP) is 3.00. The fraction of sp³-hybridized carbons (Fsp3) is 0.357. The van der Waals surface area contributed by atoms with Gasteiger partial charge in [0, 0.05) is 16.9 Å². The van der Waals surface area contributed by atoms with Gasteiger partial charge in [0.1, 0.15) is 5.69 Å². The van der Waals surface area contributed by atoms with Crippen LogP contribution >= 0.6 is 0 Å². The lowest BCUT2D eigenvalue weighted by atomic mass is 10.2. The maximum absolute atomic E-state index is 11.9. The Morgan fingerprint density at radius 1 is 1.41 bits per heavy atom. The zero-order valence-electron chi connectivity index (χ0n) is 10.5. The topological polar surface area (TPSA) is 44.9 Å². The monoisotopic (exact) mass is 230 g/mol. The Kier molecular flexibility index (Phi) is 3.18. The van der Waals surface area contributed by atoms with Gasteiger partial charge in [-0.2, -0.15) is 0 Å². The molecule has 3 heteroatoms. The Hall–Kier alpha value is -1.77. The van der Waals surface area contributed by atoms with Crippen molar-refractivity contribution in [1.82, 2.24) is 10.3 Å². The van der Waals surface area contributed by atoms with Gasteiger partial charge < -0.3 is 10.3 Å². The molecule has 0 spiro atoms. The van der Waals surface area contributed by atoms with Crippen LogP contribution in [0.2, 0.25) is 0 Å². The van der Waals surface area contributed by atoms with Crippen molar-refractivity contribution in [2.75, 3.05) is 0 Å². The summed E-state index contributed by atoms with van der Waals surface area (Å²) in [4.78, 5) is 15.1. The summed E-state index contributed by atoms with van der Waals surface area (Å²) >= 11 is 0. The fourth-order valence-electron chi connectivity index (χ4n) is 1.77. The van der Waals surface area contributed by atoms with Crippen molar-refractivity contribution in [1.29, 1.82) is 0 Å². The van der Waals surface area contributed by atoms with Crippen molar-refractivity contribution in [2.45, 2.75) is 33.2 Å². The molecule has 2 N–H and O–H groups in total. The fourth-order valence-corrected chi connectivity index (χ4v) is 1.77. The van der Waals surface area contributed by atoms with Crippen molar-refractivity contribution < 1.29 is 4.79 Å². The number of aromatic nitrogens is 1. The molecule has 17 heavy (non-hydrogen) atoms. The van der Waals surface area contributed by atoms with E-state index in [1.165, 1.54) is 5.56 Å². The number of H-pyrrole nitrogens is 1. The van der Waals surface area contributed by atoms with Gasteiger partial charge in [-0.05, 0) is 38.0 Å². The number of rotatable bonds is 3. The largest absolute Gasteiger partial charge is 0.351 e. The molecule has 0 aliphatic rings. The molecule has 0 bridgehead atoms. The van der Waals surface area contributed by atoms with Crippen LogP contribution in [0, 0.1) is 6.92 Å². The van der Waals surface area contributed by atoms with Crippen molar-refractivity contribution in [3.05, 3.63) is 35.5 Å². The van der Waals surface area contributed by atoms with Crippen LogP contribution in [0.4, 0.5) is 0 Å². The van der Waals surface area contributed by atoms with E-state index in [9.17, 15) is 4.79 Å². The number of hydrogen-bond acceptors (Lipinski definition) is 1. The maximum atomic E-state index is 11.9. The number of carbonyl (C=O) groups excluding carboxylic acids is 1. The summed E-state index contributed by atoms with van der Waals surface area (Å²) < 4.78 is 0. The molecule has 1 aromatic heterocycles. The first-order valence-electron chi connectivity index (χ1n) is 6.00. The van der Waals surface area contributed by atoms with Crippen molar-refractivity contribution in [2.24, 2.45) is 0 Å². The zero-order chi connectivity index (χ0) is 12.4. The summed E-state index contributed by atoms with van der Waals surface area (Å²) in [7, 11) is 0. The summed E-state index contributed by atoms with van der Waals surface area (Å²) in [5.74, 6) is -0.0341. The second-order valence-corrected chi connectivity index (χ2v) is 4.56. The highest BCUT2D eigenvalue weighted by Crippen LogP contribution is 2.16. The number of aryl methyl sites for hydroxylation is 1. The molecule has 0 saturated heterocycles. The van der Waals surface area contributed by atoms with E-state index in [1.807, 2.05) is 32.0 Å². The zero-order valence-corrected chi connectivity index (χ0v) is 10.5. The lowest BCUT2D eigenvalue weighted by Crippen LogP contribution is -2.32. The number of amides is 1. The minimum absolute atomic E-state index is 0.0341. The van der Waals surface area contributed by atoms with E-state index >= 15 is 0 Å². The first kappa shape index (κ1) is 11.7. The summed E-state index contributed by atoms with van der Waals surface area (Å²) in [5.41, 5.74) is 2.83. The standard InChI is InChI=1S/C14H18N2O/c1-4-10(3)15-14(17)13-8-11-6-5-9(2)7-12(11)16-13/h5-8,10,16H,4H2,1-3H3,(H,15,17). The van der Waals surface area contributed by atoms with Gasteiger partial charge in [0.2, 0.25) is 0 Å². The molecule has 0 saturated carbocycles. The third kappa shape index (κ3) is 2.49. The number of fused-ring (bicyclic) bond motifs is 1. The molecule has 1 unspecified atom stereocenters. The van der Waals surface area contributed by atoms with Crippen LogP contribution in [0.5, 0.6) is 0 Å². The number of benzene rings is 1. The Labute approximate surface area is 101 Å². The maximum Gasteiger partial charge on any atom is 0.267 e. The van der Waals surface area contributed by atoms with E-state index in [1.54, 1.807) is 0 Å². The highest BCUT2D eigenvalue weighted by atomic mass is 16.1. The van der Waals surface area contributed by atoms with Gasteiger partial charge in [-0.3, -0.25) is 4.79 Å². The van der Waals surface area contributed by atoms with E-state index in [0.717, 1.165) is 17.3 Å². The van der Waals surface area contributed by atoms with Crippen LogP contribution in [-0.4, -0.2) is 16.9 Å². The minimum atomic E-state index is -0.0341. The molecular formula is C14H18N2O. The summed E-state index contributed by atoms with van der Waals surface area (Å²) in [6, 6.07) is 8.23. The highest BCUT2D eigenvalue weighted by Gasteiger charge is 2.11. The Morgan fingerprint density at radius 3 is 2.88 bits per heavy atom. The molecule has 2 rings (SSSR count). The third-order valence-electron chi connectivity index (χ3n) is 3.01. The lowest BCUT2D eigenvalue weighted by molar-refractivity contribution is 0.0935. The van der Waals surface area contributed by atoms with E-state index in [0.29, 0.717) is 5.69 Å². The van der Waals surface area contributed by atoms with Gasteiger partial charge in [0.25, 0.3) is 5.91 Å². The highest BCUT2D eigenvalue weighted by molar-refractivity contribution is 5.98. The quantitative estimate of drug-likeness (QED) is 0.836.